The van der Waals surface area contributed by atoms with Crippen LogP contribution in [0.4, 0.5) is 11.4 Å². The molecule has 4 heteroatoms. The van der Waals surface area contributed by atoms with Gasteiger partial charge in [0.15, 0.2) is 0 Å². The summed E-state index contributed by atoms with van der Waals surface area (Å²) in [6.07, 6.45) is 1.05. The number of nitrogens with zero attached hydrogens (tertiary/aromatic N) is 2. The topological polar surface area (TPSA) is 49.6 Å². The average Bonchev–Trinajstić information content (AvgIpc) is 2.36. The van der Waals surface area contributed by atoms with Gasteiger partial charge in [-0.3, -0.25) is 4.79 Å². The van der Waals surface area contributed by atoms with Crippen molar-refractivity contribution in [1.82, 2.24) is 4.90 Å². The number of hydrogen-bond acceptors (Lipinski definition) is 3. The SMILES string of the molecule is CCCN(CC)c1cc(C(=O)N(C)C)ccc1N. The molecular weight excluding hydrogens is 226 g/mol. The fraction of sp³-hybridized carbons (Fsp3) is 0.500. The zero-order valence-electron chi connectivity index (χ0n) is 11.7. The molecule has 1 aromatic rings. The quantitative estimate of drug-likeness (QED) is 0.814. The molecule has 18 heavy (non-hydrogen) atoms. The zero-order chi connectivity index (χ0) is 13.7. The van der Waals surface area contributed by atoms with Gasteiger partial charge < -0.3 is 15.5 Å². The second-order valence-corrected chi connectivity index (χ2v) is 4.55. The molecule has 0 atom stereocenters. The van der Waals surface area contributed by atoms with Gasteiger partial charge in [0.1, 0.15) is 0 Å². The first-order chi connectivity index (χ1) is 8.51. The number of amides is 1. The highest BCUT2D eigenvalue weighted by molar-refractivity contribution is 5.96. The molecular formula is C14H23N3O. The van der Waals surface area contributed by atoms with E-state index in [1.807, 2.05) is 12.1 Å². The van der Waals surface area contributed by atoms with E-state index in [2.05, 4.69) is 18.7 Å². The van der Waals surface area contributed by atoms with Crippen molar-refractivity contribution in [2.24, 2.45) is 0 Å². The third-order valence-electron chi connectivity index (χ3n) is 2.90. The molecule has 4 nitrogen and oxygen atoms in total. The summed E-state index contributed by atoms with van der Waals surface area (Å²) < 4.78 is 0. The van der Waals surface area contributed by atoms with Crippen molar-refractivity contribution >= 4 is 17.3 Å². The molecule has 0 aliphatic rings. The van der Waals surface area contributed by atoms with Crippen molar-refractivity contribution in [3.05, 3.63) is 23.8 Å². The third-order valence-corrected chi connectivity index (χ3v) is 2.90. The van der Waals surface area contributed by atoms with E-state index in [-0.39, 0.29) is 5.91 Å². The molecule has 0 bridgehead atoms. The molecule has 0 unspecified atom stereocenters. The first kappa shape index (κ1) is 14.4. The molecule has 0 radical (unpaired) electrons. The lowest BCUT2D eigenvalue weighted by Crippen LogP contribution is -2.26. The van der Waals surface area contributed by atoms with Gasteiger partial charge in [-0.05, 0) is 31.5 Å². The van der Waals surface area contributed by atoms with Crippen molar-refractivity contribution in [2.75, 3.05) is 37.8 Å². The molecule has 0 aliphatic heterocycles. The summed E-state index contributed by atoms with van der Waals surface area (Å²) in [6.45, 7) is 6.06. The van der Waals surface area contributed by atoms with Crippen LogP contribution in [0.2, 0.25) is 0 Å². The number of anilines is 2. The molecule has 0 saturated carbocycles. The van der Waals surface area contributed by atoms with Crippen LogP contribution in [0, 0.1) is 0 Å². The van der Waals surface area contributed by atoms with Gasteiger partial charge in [0.05, 0.1) is 11.4 Å². The van der Waals surface area contributed by atoms with Gasteiger partial charge in [0, 0.05) is 32.7 Å². The standard InChI is InChI=1S/C14H23N3O/c1-5-9-17(6-2)13-10-11(7-8-12(13)15)14(18)16(3)4/h7-8,10H,5-6,9,15H2,1-4H3. The van der Waals surface area contributed by atoms with Crippen LogP contribution in [0.1, 0.15) is 30.6 Å². The van der Waals surface area contributed by atoms with Crippen LogP contribution in [0.3, 0.4) is 0 Å². The van der Waals surface area contributed by atoms with Crippen LogP contribution >= 0.6 is 0 Å². The minimum absolute atomic E-state index is 0.00352. The van der Waals surface area contributed by atoms with Crippen LogP contribution in [0.15, 0.2) is 18.2 Å². The first-order valence-electron chi connectivity index (χ1n) is 6.37. The molecule has 100 valence electrons. The zero-order valence-corrected chi connectivity index (χ0v) is 11.7. The molecule has 2 N–H and O–H groups in total. The smallest absolute Gasteiger partial charge is 0.253 e. The summed E-state index contributed by atoms with van der Waals surface area (Å²) in [5.74, 6) is 0.00352. The van der Waals surface area contributed by atoms with Crippen molar-refractivity contribution in [3.63, 3.8) is 0 Å². The number of nitrogens with two attached hydrogens (primary N) is 1. The van der Waals surface area contributed by atoms with Gasteiger partial charge in [-0.15, -0.1) is 0 Å². The minimum Gasteiger partial charge on any atom is -0.397 e. The Balaban J connectivity index is 3.11. The van der Waals surface area contributed by atoms with E-state index in [1.165, 1.54) is 0 Å². The fourth-order valence-electron chi connectivity index (χ4n) is 1.93. The van der Waals surface area contributed by atoms with Crippen molar-refractivity contribution in [1.29, 1.82) is 0 Å². The van der Waals surface area contributed by atoms with E-state index in [9.17, 15) is 4.79 Å². The minimum atomic E-state index is 0.00352. The largest absolute Gasteiger partial charge is 0.397 e. The van der Waals surface area contributed by atoms with Crippen molar-refractivity contribution in [3.8, 4) is 0 Å². The summed E-state index contributed by atoms with van der Waals surface area (Å²) in [5.41, 5.74) is 8.36. The monoisotopic (exact) mass is 249 g/mol. The normalized spacial score (nSPS) is 10.2. The van der Waals surface area contributed by atoms with Gasteiger partial charge in [-0.2, -0.15) is 0 Å². The third kappa shape index (κ3) is 3.15. The van der Waals surface area contributed by atoms with Crippen molar-refractivity contribution < 1.29 is 4.79 Å². The summed E-state index contributed by atoms with van der Waals surface area (Å²) in [5, 5.41) is 0. The molecule has 0 aromatic heterocycles. The van der Waals surface area contributed by atoms with Crippen LogP contribution in [-0.4, -0.2) is 38.0 Å². The number of nitrogen functional groups attached to an aromatic ring is 1. The van der Waals surface area contributed by atoms with Gasteiger partial charge in [0.25, 0.3) is 5.91 Å². The predicted octanol–water partition coefficient (Wildman–Crippen LogP) is 2.21. The Labute approximate surface area is 109 Å². The average molecular weight is 249 g/mol. The number of benzene rings is 1. The second kappa shape index (κ2) is 6.28. The van der Waals surface area contributed by atoms with E-state index in [1.54, 1.807) is 25.1 Å². The van der Waals surface area contributed by atoms with E-state index in [0.717, 1.165) is 30.9 Å². The molecule has 1 aromatic carbocycles. The van der Waals surface area contributed by atoms with E-state index >= 15 is 0 Å². The lowest BCUT2D eigenvalue weighted by atomic mass is 10.1. The second-order valence-electron chi connectivity index (χ2n) is 4.55. The van der Waals surface area contributed by atoms with Gasteiger partial charge >= 0.3 is 0 Å². The van der Waals surface area contributed by atoms with Gasteiger partial charge in [-0.25, -0.2) is 0 Å². The maximum atomic E-state index is 11.9. The van der Waals surface area contributed by atoms with Gasteiger partial charge in [-0.1, -0.05) is 6.92 Å². The van der Waals surface area contributed by atoms with Gasteiger partial charge in [0.2, 0.25) is 0 Å². The lowest BCUT2D eigenvalue weighted by molar-refractivity contribution is 0.0827. The Hall–Kier alpha value is -1.71. The Morgan fingerprint density at radius 2 is 1.94 bits per heavy atom. The Morgan fingerprint density at radius 1 is 1.28 bits per heavy atom. The summed E-state index contributed by atoms with van der Waals surface area (Å²) in [6, 6.07) is 5.47. The molecule has 0 fully saturated rings. The molecule has 0 spiro atoms. The van der Waals surface area contributed by atoms with Crippen LogP contribution in [0.5, 0.6) is 0 Å². The van der Waals surface area contributed by atoms with E-state index in [4.69, 9.17) is 5.73 Å². The van der Waals surface area contributed by atoms with E-state index in [0.29, 0.717) is 5.56 Å². The van der Waals surface area contributed by atoms with Crippen LogP contribution < -0.4 is 10.6 Å². The number of carbonyl (C=O) groups excluding carboxylic acids is 1. The molecule has 0 aliphatic carbocycles. The summed E-state index contributed by atoms with van der Waals surface area (Å²) >= 11 is 0. The molecule has 0 heterocycles. The molecule has 0 saturated heterocycles. The number of carbonyl (C=O) groups is 1. The van der Waals surface area contributed by atoms with Crippen molar-refractivity contribution in [2.45, 2.75) is 20.3 Å². The number of hydrogen-bond donors (Lipinski definition) is 1. The van der Waals surface area contributed by atoms with E-state index < -0.39 is 0 Å². The maximum Gasteiger partial charge on any atom is 0.253 e. The fourth-order valence-corrected chi connectivity index (χ4v) is 1.93. The Morgan fingerprint density at radius 3 is 2.44 bits per heavy atom. The maximum absolute atomic E-state index is 11.9. The molecule has 1 amide bonds. The first-order valence-corrected chi connectivity index (χ1v) is 6.37. The van der Waals surface area contributed by atoms with Crippen LogP contribution in [-0.2, 0) is 0 Å². The highest BCUT2D eigenvalue weighted by Crippen LogP contribution is 2.25. The summed E-state index contributed by atoms with van der Waals surface area (Å²) in [7, 11) is 3.50. The lowest BCUT2D eigenvalue weighted by Gasteiger charge is -2.25. The Bertz CT molecular complexity index is 416. The van der Waals surface area contributed by atoms with Crippen LogP contribution in [0.25, 0.3) is 0 Å². The Kier molecular flexibility index (Phi) is 5.01. The highest BCUT2D eigenvalue weighted by atomic mass is 16.2. The number of rotatable bonds is 5. The highest BCUT2D eigenvalue weighted by Gasteiger charge is 2.13. The summed E-state index contributed by atoms with van der Waals surface area (Å²) in [4.78, 5) is 15.7. The molecule has 1 rings (SSSR count). The predicted molar refractivity (Wildman–Crippen MR) is 77.0 cm³/mol.